The van der Waals surface area contributed by atoms with E-state index in [1.54, 1.807) is 10.9 Å². The van der Waals surface area contributed by atoms with Crippen molar-refractivity contribution in [2.24, 2.45) is 0 Å². The molecule has 27 heavy (non-hydrogen) atoms. The van der Waals surface area contributed by atoms with Gasteiger partial charge in [-0.05, 0) is 23.9 Å². The first-order valence-corrected chi connectivity index (χ1v) is 8.19. The zero-order valence-electron chi connectivity index (χ0n) is 14.2. The van der Waals surface area contributed by atoms with Crippen molar-refractivity contribution in [3.8, 4) is 17.1 Å². The number of para-hydroxylation sites is 3. The predicted octanol–water partition coefficient (Wildman–Crippen LogP) is 4.96. The summed E-state index contributed by atoms with van der Waals surface area (Å²) in [6.45, 7) is 0. The van der Waals surface area contributed by atoms with Gasteiger partial charge in [-0.25, -0.2) is 0 Å². The van der Waals surface area contributed by atoms with Gasteiger partial charge in [-0.1, -0.05) is 17.7 Å². The van der Waals surface area contributed by atoms with E-state index in [1.165, 1.54) is 0 Å². The van der Waals surface area contributed by atoms with Crippen LogP contribution in [0.2, 0.25) is 0 Å². The monoisotopic (exact) mass is 530 g/mol. The van der Waals surface area contributed by atoms with Gasteiger partial charge in [0.15, 0.2) is 0 Å². The SMILES string of the molecule is [Ir].[c-]1ccccc1-c1nc2ccccc2o1.[c-]1ccccc1-n1cccn1. The van der Waals surface area contributed by atoms with Crippen molar-refractivity contribution in [3.05, 3.63) is 103 Å². The van der Waals surface area contributed by atoms with Crippen LogP contribution in [-0.4, -0.2) is 14.8 Å². The number of hydrogen-bond donors (Lipinski definition) is 0. The van der Waals surface area contributed by atoms with E-state index in [9.17, 15) is 0 Å². The van der Waals surface area contributed by atoms with E-state index in [-0.39, 0.29) is 20.1 Å². The average Bonchev–Trinajstić information content (AvgIpc) is 3.40. The number of hydrogen-bond acceptors (Lipinski definition) is 3. The molecule has 0 fully saturated rings. The maximum absolute atomic E-state index is 5.61. The van der Waals surface area contributed by atoms with Gasteiger partial charge in [-0.2, -0.15) is 29.4 Å². The van der Waals surface area contributed by atoms with Crippen molar-refractivity contribution in [2.45, 2.75) is 0 Å². The molecule has 1 radical (unpaired) electrons. The Labute approximate surface area is 170 Å². The molecule has 2 aromatic heterocycles. The molecule has 5 heteroatoms. The first-order chi connectivity index (χ1) is 12.9. The van der Waals surface area contributed by atoms with Gasteiger partial charge in [0.2, 0.25) is 0 Å². The first-order valence-electron chi connectivity index (χ1n) is 8.19. The van der Waals surface area contributed by atoms with Crippen molar-refractivity contribution in [3.63, 3.8) is 0 Å². The zero-order chi connectivity index (χ0) is 17.6. The molecular formula is C22H15IrN3O-2. The van der Waals surface area contributed by atoms with Crippen LogP contribution < -0.4 is 0 Å². The molecule has 0 saturated heterocycles. The second kappa shape index (κ2) is 9.08. The second-order valence-corrected chi connectivity index (χ2v) is 5.46. The van der Waals surface area contributed by atoms with E-state index in [2.05, 4.69) is 22.2 Å². The van der Waals surface area contributed by atoms with Crippen LogP contribution in [-0.2, 0) is 20.1 Å². The third-order valence-electron chi connectivity index (χ3n) is 3.68. The molecule has 5 rings (SSSR count). The van der Waals surface area contributed by atoms with Gasteiger partial charge < -0.3 is 4.42 Å². The fourth-order valence-corrected chi connectivity index (χ4v) is 2.45. The molecular weight excluding hydrogens is 514 g/mol. The normalized spacial score (nSPS) is 9.93. The largest absolute Gasteiger partial charge is 0.481 e. The Morgan fingerprint density at radius 1 is 0.815 bits per heavy atom. The second-order valence-electron chi connectivity index (χ2n) is 5.46. The summed E-state index contributed by atoms with van der Waals surface area (Å²) in [5.41, 5.74) is 3.54. The summed E-state index contributed by atoms with van der Waals surface area (Å²) in [6.07, 6.45) is 3.65. The van der Waals surface area contributed by atoms with Gasteiger partial charge >= 0.3 is 0 Å². The number of nitrogens with zero attached hydrogens (tertiary/aromatic N) is 3. The first kappa shape index (κ1) is 18.8. The summed E-state index contributed by atoms with van der Waals surface area (Å²) in [5.74, 6) is 0.622. The third-order valence-corrected chi connectivity index (χ3v) is 3.68. The van der Waals surface area contributed by atoms with E-state index in [0.717, 1.165) is 22.4 Å². The van der Waals surface area contributed by atoms with Gasteiger partial charge in [-0.3, -0.25) is 9.67 Å². The van der Waals surface area contributed by atoms with Crippen molar-refractivity contribution in [2.75, 3.05) is 0 Å². The van der Waals surface area contributed by atoms with E-state index in [1.807, 2.05) is 85.1 Å². The Kier molecular flexibility index (Phi) is 6.31. The van der Waals surface area contributed by atoms with Crippen molar-refractivity contribution < 1.29 is 24.5 Å². The average molecular weight is 530 g/mol. The van der Waals surface area contributed by atoms with Gasteiger partial charge in [0, 0.05) is 32.5 Å². The van der Waals surface area contributed by atoms with Crippen LogP contribution in [0.4, 0.5) is 0 Å². The number of aromatic nitrogens is 3. The van der Waals surface area contributed by atoms with Crippen molar-refractivity contribution in [1.82, 2.24) is 14.8 Å². The summed E-state index contributed by atoms with van der Waals surface area (Å²) in [7, 11) is 0. The predicted molar refractivity (Wildman–Crippen MR) is 101 cm³/mol. The van der Waals surface area contributed by atoms with Gasteiger partial charge in [-0.15, -0.1) is 36.4 Å². The smallest absolute Gasteiger partial charge is 0.141 e. The van der Waals surface area contributed by atoms with E-state index in [0.29, 0.717) is 5.89 Å². The van der Waals surface area contributed by atoms with Crippen molar-refractivity contribution >= 4 is 11.1 Å². The number of fused-ring (bicyclic) bond motifs is 1. The number of benzene rings is 3. The van der Waals surface area contributed by atoms with Gasteiger partial charge in [0.25, 0.3) is 0 Å². The molecule has 0 amide bonds. The maximum atomic E-state index is 5.61. The van der Waals surface area contributed by atoms with Crippen LogP contribution >= 0.6 is 0 Å². The molecule has 0 aliphatic carbocycles. The summed E-state index contributed by atoms with van der Waals surface area (Å²) in [4.78, 5) is 4.39. The molecule has 0 unspecified atom stereocenters. The molecule has 0 atom stereocenters. The fraction of sp³-hybridized carbons (Fsp3) is 0. The Morgan fingerprint density at radius 2 is 1.59 bits per heavy atom. The Hall–Kier alpha value is -3.01. The minimum atomic E-state index is 0. The van der Waals surface area contributed by atoms with Crippen LogP contribution in [0.5, 0.6) is 0 Å². The number of oxazole rings is 1. The Bertz CT molecular complexity index is 1040. The quantitative estimate of drug-likeness (QED) is 0.304. The minimum absolute atomic E-state index is 0. The summed E-state index contributed by atoms with van der Waals surface area (Å²) in [5, 5.41) is 4.07. The van der Waals surface area contributed by atoms with Crippen LogP contribution in [0.25, 0.3) is 28.2 Å². The number of rotatable bonds is 2. The van der Waals surface area contributed by atoms with E-state index in [4.69, 9.17) is 4.42 Å². The fourth-order valence-electron chi connectivity index (χ4n) is 2.45. The van der Waals surface area contributed by atoms with Crippen LogP contribution in [0.3, 0.4) is 0 Å². The molecule has 2 heterocycles. The minimum Gasteiger partial charge on any atom is -0.481 e. The van der Waals surface area contributed by atoms with Crippen molar-refractivity contribution in [1.29, 1.82) is 0 Å². The maximum Gasteiger partial charge on any atom is 0.141 e. The molecule has 3 aromatic carbocycles. The zero-order valence-corrected chi connectivity index (χ0v) is 16.6. The van der Waals surface area contributed by atoms with E-state index < -0.39 is 0 Å². The standard InChI is InChI=1S/C13H8NO.C9H7N2.Ir/c1-2-6-10(7-3-1)13-14-11-8-4-5-9-12(11)15-13;1-2-5-9(6-3-1)11-8-4-7-10-11;/h1-6,8-9H;1-5,7-8H;/q2*-1;. The molecule has 0 spiro atoms. The molecule has 0 aliphatic rings. The van der Waals surface area contributed by atoms with Gasteiger partial charge in [0.1, 0.15) is 11.5 Å². The molecule has 0 bridgehead atoms. The summed E-state index contributed by atoms with van der Waals surface area (Å²) in [6, 6.07) is 31.2. The molecule has 0 N–H and O–H groups in total. The summed E-state index contributed by atoms with van der Waals surface area (Å²) >= 11 is 0. The molecule has 135 valence electrons. The summed E-state index contributed by atoms with van der Waals surface area (Å²) < 4.78 is 7.39. The Balaban J connectivity index is 0.000000157. The molecule has 0 aliphatic heterocycles. The molecule has 5 aromatic rings. The topological polar surface area (TPSA) is 43.9 Å². The molecule has 4 nitrogen and oxygen atoms in total. The van der Waals surface area contributed by atoms with Crippen LogP contribution in [0, 0.1) is 12.1 Å². The van der Waals surface area contributed by atoms with E-state index >= 15 is 0 Å². The van der Waals surface area contributed by atoms with Gasteiger partial charge in [0.05, 0.1) is 5.52 Å². The molecule has 0 saturated carbocycles. The van der Waals surface area contributed by atoms with Crippen LogP contribution in [0.15, 0.2) is 95.7 Å². The van der Waals surface area contributed by atoms with Crippen LogP contribution in [0.1, 0.15) is 0 Å². The third kappa shape index (κ3) is 4.59. The Morgan fingerprint density at radius 3 is 2.26 bits per heavy atom.